The molecule has 1 heterocycles. The van der Waals surface area contributed by atoms with Crippen LogP contribution in [-0.4, -0.2) is 55.5 Å². The minimum absolute atomic E-state index is 0.00421. The first-order valence-electron chi connectivity index (χ1n) is 9.18. The van der Waals surface area contributed by atoms with Crippen LogP contribution in [0.5, 0.6) is 5.75 Å². The summed E-state index contributed by atoms with van der Waals surface area (Å²) in [4.78, 5) is 16.7. The lowest BCUT2D eigenvalue weighted by Gasteiger charge is -2.34. The second kappa shape index (κ2) is 8.97. The number of halogens is 1. The second-order valence-corrected chi connectivity index (χ2v) is 6.87. The standard InChI is InChI=1S/C21H26FN3O2/c1-16-5-3-4-6-19(16)23-21(26)15-25-11-9-24(10-12-25)14-17-13-18(22)7-8-20(17)27-2/h3-8,13H,9-12,14-15H2,1-2H3,(H,23,26). The van der Waals surface area contributed by atoms with Crippen molar-refractivity contribution in [3.63, 3.8) is 0 Å². The highest BCUT2D eigenvalue weighted by Gasteiger charge is 2.20. The van der Waals surface area contributed by atoms with Crippen LogP contribution in [0.2, 0.25) is 0 Å². The van der Waals surface area contributed by atoms with Crippen molar-refractivity contribution in [3.8, 4) is 5.75 Å². The monoisotopic (exact) mass is 371 g/mol. The van der Waals surface area contributed by atoms with E-state index in [9.17, 15) is 9.18 Å². The van der Waals surface area contributed by atoms with E-state index in [1.165, 1.54) is 12.1 Å². The van der Waals surface area contributed by atoms with E-state index in [0.717, 1.165) is 43.0 Å². The predicted molar refractivity (Wildman–Crippen MR) is 104 cm³/mol. The molecule has 0 aromatic heterocycles. The first-order chi connectivity index (χ1) is 13.0. The van der Waals surface area contributed by atoms with Gasteiger partial charge in [-0.05, 0) is 36.8 Å². The summed E-state index contributed by atoms with van der Waals surface area (Å²) in [5.74, 6) is 0.457. The van der Waals surface area contributed by atoms with Gasteiger partial charge in [-0.25, -0.2) is 4.39 Å². The van der Waals surface area contributed by atoms with E-state index < -0.39 is 0 Å². The average molecular weight is 371 g/mol. The summed E-state index contributed by atoms with van der Waals surface area (Å²) in [7, 11) is 1.60. The molecule has 1 saturated heterocycles. The average Bonchev–Trinajstić information content (AvgIpc) is 2.65. The van der Waals surface area contributed by atoms with Crippen molar-refractivity contribution < 1.29 is 13.9 Å². The molecular formula is C21H26FN3O2. The first kappa shape index (κ1) is 19.3. The molecule has 0 radical (unpaired) electrons. The van der Waals surface area contributed by atoms with Gasteiger partial charge in [0.1, 0.15) is 11.6 Å². The first-order valence-corrected chi connectivity index (χ1v) is 9.18. The lowest BCUT2D eigenvalue weighted by molar-refractivity contribution is -0.117. The van der Waals surface area contributed by atoms with Gasteiger partial charge in [0.05, 0.1) is 13.7 Å². The molecule has 0 bridgehead atoms. The quantitative estimate of drug-likeness (QED) is 0.848. The maximum Gasteiger partial charge on any atom is 0.238 e. The number of hydrogen-bond acceptors (Lipinski definition) is 4. The molecular weight excluding hydrogens is 345 g/mol. The van der Waals surface area contributed by atoms with E-state index in [1.54, 1.807) is 13.2 Å². The summed E-state index contributed by atoms with van der Waals surface area (Å²) in [5, 5.41) is 2.98. The van der Waals surface area contributed by atoms with Gasteiger partial charge in [0.25, 0.3) is 0 Å². The van der Waals surface area contributed by atoms with E-state index in [1.807, 2.05) is 31.2 Å². The molecule has 144 valence electrons. The summed E-state index contributed by atoms with van der Waals surface area (Å²) in [6.45, 7) is 6.27. The molecule has 1 aliphatic rings. The minimum atomic E-state index is -0.252. The van der Waals surface area contributed by atoms with E-state index in [-0.39, 0.29) is 11.7 Å². The Kier molecular flexibility index (Phi) is 6.42. The second-order valence-electron chi connectivity index (χ2n) is 6.87. The van der Waals surface area contributed by atoms with Gasteiger partial charge in [0.2, 0.25) is 5.91 Å². The van der Waals surface area contributed by atoms with Crippen LogP contribution in [0, 0.1) is 12.7 Å². The fourth-order valence-electron chi connectivity index (χ4n) is 3.32. The molecule has 0 atom stereocenters. The number of rotatable bonds is 6. The molecule has 6 heteroatoms. The zero-order valence-corrected chi connectivity index (χ0v) is 15.9. The molecule has 0 saturated carbocycles. The topological polar surface area (TPSA) is 44.8 Å². The number of methoxy groups -OCH3 is 1. The summed E-state index contributed by atoms with van der Waals surface area (Å²) in [6, 6.07) is 12.4. The fraction of sp³-hybridized carbons (Fsp3) is 0.381. The minimum Gasteiger partial charge on any atom is -0.496 e. The van der Waals surface area contributed by atoms with Crippen LogP contribution in [0.1, 0.15) is 11.1 Å². The van der Waals surface area contributed by atoms with Gasteiger partial charge in [0, 0.05) is 44.0 Å². The largest absolute Gasteiger partial charge is 0.496 e. The number of piperazine rings is 1. The highest BCUT2D eigenvalue weighted by atomic mass is 19.1. The van der Waals surface area contributed by atoms with Crippen molar-refractivity contribution >= 4 is 11.6 Å². The predicted octanol–water partition coefficient (Wildman–Crippen LogP) is 2.90. The van der Waals surface area contributed by atoms with E-state index in [4.69, 9.17) is 4.74 Å². The molecule has 1 N–H and O–H groups in total. The molecule has 0 aliphatic carbocycles. The fourth-order valence-corrected chi connectivity index (χ4v) is 3.32. The lowest BCUT2D eigenvalue weighted by atomic mass is 10.1. The molecule has 3 rings (SSSR count). The molecule has 5 nitrogen and oxygen atoms in total. The van der Waals surface area contributed by atoms with Gasteiger partial charge in [-0.15, -0.1) is 0 Å². The summed E-state index contributed by atoms with van der Waals surface area (Å²) >= 11 is 0. The number of benzene rings is 2. The Morgan fingerprint density at radius 1 is 1.11 bits per heavy atom. The van der Waals surface area contributed by atoms with Crippen LogP contribution < -0.4 is 10.1 Å². The number of nitrogens with zero attached hydrogens (tertiary/aromatic N) is 2. The zero-order valence-electron chi connectivity index (χ0n) is 15.9. The SMILES string of the molecule is COc1ccc(F)cc1CN1CCN(CC(=O)Nc2ccccc2C)CC1. The lowest BCUT2D eigenvalue weighted by Crippen LogP contribution is -2.48. The molecule has 27 heavy (non-hydrogen) atoms. The highest BCUT2D eigenvalue weighted by molar-refractivity contribution is 5.92. The smallest absolute Gasteiger partial charge is 0.238 e. The van der Waals surface area contributed by atoms with Gasteiger partial charge >= 0.3 is 0 Å². The molecule has 0 unspecified atom stereocenters. The van der Waals surface area contributed by atoms with E-state index in [2.05, 4.69) is 15.1 Å². The van der Waals surface area contributed by atoms with E-state index >= 15 is 0 Å². The van der Waals surface area contributed by atoms with Gasteiger partial charge in [-0.1, -0.05) is 18.2 Å². The van der Waals surface area contributed by atoms with Crippen LogP contribution in [0.25, 0.3) is 0 Å². The summed E-state index contributed by atoms with van der Waals surface area (Å²) < 4.78 is 18.8. The number of anilines is 1. The number of aryl methyl sites for hydroxylation is 1. The molecule has 2 aromatic rings. The molecule has 0 spiro atoms. The number of amides is 1. The normalized spacial score (nSPS) is 15.5. The number of para-hydroxylation sites is 1. The van der Waals surface area contributed by atoms with Crippen LogP contribution in [0.3, 0.4) is 0 Å². The van der Waals surface area contributed by atoms with Crippen molar-refractivity contribution in [1.82, 2.24) is 9.80 Å². The Morgan fingerprint density at radius 3 is 2.52 bits per heavy atom. The van der Waals surface area contributed by atoms with Crippen molar-refractivity contribution in [2.24, 2.45) is 0 Å². The van der Waals surface area contributed by atoms with Crippen molar-refractivity contribution in [1.29, 1.82) is 0 Å². The summed E-state index contributed by atoms with van der Waals surface area (Å²) in [5.41, 5.74) is 2.77. The van der Waals surface area contributed by atoms with Gasteiger partial charge in [-0.3, -0.25) is 14.6 Å². The number of carbonyl (C=O) groups is 1. The third-order valence-electron chi connectivity index (χ3n) is 4.89. The molecule has 1 aliphatic heterocycles. The van der Waals surface area contributed by atoms with Crippen molar-refractivity contribution in [2.75, 3.05) is 45.2 Å². The third kappa shape index (κ3) is 5.28. The van der Waals surface area contributed by atoms with Crippen LogP contribution >= 0.6 is 0 Å². The number of ether oxygens (including phenoxy) is 1. The number of hydrogen-bond donors (Lipinski definition) is 1. The number of carbonyl (C=O) groups excluding carboxylic acids is 1. The zero-order chi connectivity index (χ0) is 19.2. The Bertz CT molecular complexity index is 789. The van der Waals surface area contributed by atoms with Crippen LogP contribution in [-0.2, 0) is 11.3 Å². The van der Waals surface area contributed by atoms with Gasteiger partial charge in [-0.2, -0.15) is 0 Å². The van der Waals surface area contributed by atoms with Gasteiger partial charge in [0.15, 0.2) is 0 Å². The highest BCUT2D eigenvalue weighted by Crippen LogP contribution is 2.21. The van der Waals surface area contributed by atoms with Crippen LogP contribution in [0.15, 0.2) is 42.5 Å². The van der Waals surface area contributed by atoms with Crippen molar-refractivity contribution in [3.05, 3.63) is 59.4 Å². The summed E-state index contributed by atoms with van der Waals surface area (Å²) in [6.07, 6.45) is 0. The Hall–Kier alpha value is -2.44. The molecule has 1 fully saturated rings. The Labute approximate surface area is 159 Å². The molecule has 1 amide bonds. The van der Waals surface area contributed by atoms with Gasteiger partial charge < -0.3 is 10.1 Å². The Balaban J connectivity index is 1.48. The van der Waals surface area contributed by atoms with Crippen molar-refractivity contribution in [2.45, 2.75) is 13.5 Å². The maximum absolute atomic E-state index is 13.5. The van der Waals surface area contributed by atoms with E-state index in [0.29, 0.717) is 18.8 Å². The van der Waals surface area contributed by atoms with Crippen LogP contribution in [0.4, 0.5) is 10.1 Å². The third-order valence-corrected chi connectivity index (χ3v) is 4.89. The molecule has 2 aromatic carbocycles. The Morgan fingerprint density at radius 2 is 1.81 bits per heavy atom. The maximum atomic E-state index is 13.5. The number of nitrogens with one attached hydrogen (secondary N) is 1.